The number of imidazole rings is 1. The van der Waals surface area contributed by atoms with Crippen molar-refractivity contribution in [2.75, 3.05) is 13.1 Å². The number of benzene rings is 3. The number of hydrogen-bond acceptors (Lipinski definition) is 6. The maximum Gasteiger partial charge on any atom is 0.141 e. The lowest BCUT2D eigenvalue weighted by Gasteiger charge is -2.05. The van der Waals surface area contributed by atoms with Crippen LogP contribution in [0.4, 0.5) is 4.39 Å². The first-order chi connectivity index (χ1) is 19.5. The molecule has 0 unspecified atom stereocenters. The Hall–Kier alpha value is -4.55. The number of aliphatic imine (C=N–C) groups is 1. The first-order valence-electron chi connectivity index (χ1n) is 13.1. The van der Waals surface area contributed by atoms with Gasteiger partial charge in [0.15, 0.2) is 0 Å². The molecule has 5 rings (SSSR count). The predicted molar refractivity (Wildman–Crippen MR) is 160 cm³/mol. The summed E-state index contributed by atoms with van der Waals surface area (Å²) in [6.07, 6.45) is 4.08. The van der Waals surface area contributed by atoms with Crippen LogP contribution in [-0.4, -0.2) is 35.7 Å². The van der Waals surface area contributed by atoms with Crippen molar-refractivity contribution in [3.8, 4) is 17.6 Å². The number of carbonyl (C=O) groups excluding carboxylic acids is 1. The third-order valence-electron chi connectivity index (χ3n) is 5.14. The second-order valence-corrected chi connectivity index (χ2v) is 8.07. The van der Waals surface area contributed by atoms with Gasteiger partial charge in [-0.1, -0.05) is 49.7 Å². The number of aryl methyl sites for hydroxylation is 1. The van der Waals surface area contributed by atoms with Gasteiger partial charge in [0.2, 0.25) is 0 Å². The lowest BCUT2D eigenvalue weighted by molar-refractivity contribution is -0.106. The van der Waals surface area contributed by atoms with E-state index in [1.807, 2.05) is 50.2 Å². The molecule has 1 aliphatic heterocycles. The summed E-state index contributed by atoms with van der Waals surface area (Å²) in [6, 6.07) is 24.0. The fourth-order valence-corrected chi connectivity index (χ4v) is 3.43. The fraction of sp³-hybridized carbons (Fsp3) is 0.290. The topological polar surface area (TPSA) is 129 Å². The summed E-state index contributed by atoms with van der Waals surface area (Å²) in [5.41, 5.74) is 7.96. The number of nitriles is 1. The monoisotopic (exact) mass is 546 g/mol. The summed E-state index contributed by atoms with van der Waals surface area (Å²) in [6.45, 7) is 8.73. The molecule has 40 heavy (non-hydrogen) atoms. The largest absolute Gasteiger partial charge is 0.457 e. The molecule has 0 aliphatic carbocycles. The number of fused-ring (bicyclic) bond motifs is 1. The molecule has 4 N–H and O–H groups in total. The molecule has 0 radical (unpaired) electrons. The Morgan fingerprint density at radius 1 is 1.12 bits per heavy atom. The number of aromatic nitrogens is 2. The molecule has 0 saturated carbocycles. The van der Waals surface area contributed by atoms with E-state index < -0.39 is 0 Å². The Labute approximate surface area is 236 Å². The van der Waals surface area contributed by atoms with E-state index in [1.54, 1.807) is 18.2 Å². The van der Waals surface area contributed by atoms with Crippen molar-refractivity contribution in [1.82, 2.24) is 15.3 Å². The Balaban J connectivity index is 0.000000366. The third kappa shape index (κ3) is 12.8. The molecular formula is C31H39FN6O2. The summed E-state index contributed by atoms with van der Waals surface area (Å²) in [4.78, 5) is 20.8. The first kappa shape index (κ1) is 33.5. The lowest BCUT2D eigenvalue weighted by Crippen LogP contribution is -2.13. The molecule has 3 aromatic carbocycles. The molecule has 9 heteroatoms. The van der Waals surface area contributed by atoms with E-state index in [1.165, 1.54) is 31.0 Å². The maximum absolute atomic E-state index is 12.9. The van der Waals surface area contributed by atoms with Crippen LogP contribution >= 0.6 is 0 Å². The lowest BCUT2D eigenvalue weighted by atomic mass is 10.2. The van der Waals surface area contributed by atoms with Gasteiger partial charge in [-0.25, -0.2) is 9.37 Å². The Kier molecular flexibility index (Phi) is 17.1. The van der Waals surface area contributed by atoms with Gasteiger partial charge in [0, 0.05) is 13.0 Å². The second-order valence-electron chi connectivity index (χ2n) is 8.07. The first-order valence-corrected chi connectivity index (χ1v) is 13.1. The standard InChI is InChI=1S/C17H16FN3O.C7H8.C3H6N2O.C2H3N.C2H6/c18-11-3-5-12(6-4-11)22-13-7-8-14-16(10-13)21-17(20-14)15-2-1-9-19-15;1-7-5-3-2-4-6-7;4-3-5-1-2-6;1-2-3;1-2/h3-8,10,15,19H,1-2,9H2,(H,20,21);2-6H,1H3;2-3H,1H2,(H2,4,5);1H3;1-2H3/t15-;;;;/m0..../s1. The molecule has 4 aromatic rings. The molecule has 1 atom stereocenters. The number of nitrogens with one attached hydrogen (secondary N) is 2. The number of carbonyl (C=O) groups is 1. The van der Waals surface area contributed by atoms with Crippen LogP contribution < -0.4 is 15.8 Å². The smallest absolute Gasteiger partial charge is 0.141 e. The number of aromatic amines is 1. The van der Waals surface area contributed by atoms with Crippen LogP contribution in [0.2, 0.25) is 0 Å². The highest BCUT2D eigenvalue weighted by atomic mass is 19.1. The molecule has 0 amide bonds. The van der Waals surface area contributed by atoms with Gasteiger partial charge in [0.25, 0.3) is 0 Å². The van der Waals surface area contributed by atoms with Gasteiger partial charge in [-0.2, -0.15) is 5.26 Å². The van der Waals surface area contributed by atoms with Crippen molar-refractivity contribution in [2.24, 2.45) is 10.7 Å². The summed E-state index contributed by atoms with van der Waals surface area (Å²) in [7, 11) is 0. The van der Waals surface area contributed by atoms with E-state index in [9.17, 15) is 9.18 Å². The third-order valence-corrected chi connectivity index (χ3v) is 5.14. The normalized spacial score (nSPS) is 13.2. The molecule has 212 valence electrons. The predicted octanol–water partition coefficient (Wildman–Crippen LogP) is 6.64. The SMILES string of the molecule is CC.CC#N.Cc1ccccc1.Fc1ccc(Oc2ccc3nc([C@@H]4CCCN4)[nH]c3c2)cc1.NC=NCC=O. The van der Waals surface area contributed by atoms with Gasteiger partial charge < -0.3 is 25.6 Å². The number of nitrogens with zero attached hydrogens (tertiary/aromatic N) is 3. The summed E-state index contributed by atoms with van der Waals surface area (Å²) < 4.78 is 18.7. The minimum Gasteiger partial charge on any atom is -0.457 e. The van der Waals surface area contributed by atoms with E-state index in [-0.39, 0.29) is 12.4 Å². The maximum atomic E-state index is 12.9. The molecule has 0 spiro atoms. The zero-order valence-corrected chi connectivity index (χ0v) is 23.6. The zero-order valence-electron chi connectivity index (χ0n) is 23.6. The van der Waals surface area contributed by atoms with Gasteiger partial charge in [0.05, 0.1) is 36.0 Å². The Morgan fingerprint density at radius 3 is 2.27 bits per heavy atom. The van der Waals surface area contributed by atoms with Crippen molar-refractivity contribution < 1.29 is 13.9 Å². The van der Waals surface area contributed by atoms with E-state index in [0.717, 1.165) is 36.2 Å². The minimum absolute atomic E-state index is 0.177. The van der Waals surface area contributed by atoms with Crippen LogP contribution in [0, 0.1) is 24.1 Å². The van der Waals surface area contributed by atoms with Gasteiger partial charge >= 0.3 is 0 Å². The summed E-state index contributed by atoms with van der Waals surface area (Å²) in [5.74, 6) is 2.02. The molecular weight excluding hydrogens is 507 g/mol. The van der Waals surface area contributed by atoms with Crippen LogP contribution in [-0.2, 0) is 4.79 Å². The Morgan fingerprint density at radius 2 is 1.77 bits per heavy atom. The van der Waals surface area contributed by atoms with E-state index in [2.05, 4.69) is 39.3 Å². The minimum atomic E-state index is -0.273. The highest BCUT2D eigenvalue weighted by Crippen LogP contribution is 2.27. The number of ether oxygens (including phenoxy) is 1. The van der Waals surface area contributed by atoms with Gasteiger partial charge in [0.1, 0.15) is 29.4 Å². The van der Waals surface area contributed by atoms with Crippen LogP contribution in [0.5, 0.6) is 11.5 Å². The molecule has 1 aromatic heterocycles. The van der Waals surface area contributed by atoms with Gasteiger partial charge in [-0.05, 0) is 62.7 Å². The van der Waals surface area contributed by atoms with E-state index in [4.69, 9.17) is 15.7 Å². The average molecular weight is 547 g/mol. The van der Waals surface area contributed by atoms with Gasteiger partial charge in [-0.15, -0.1) is 0 Å². The summed E-state index contributed by atoms with van der Waals surface area (Å²) >= 11 is 0. The fourth-order valence-electron chi connectivity index (χ4n) is 3.43. The highest BCUT2D eigenvalue weighted by molar-refractivity contribution is 5.77. The van der Waals surface area contributed by atoms with Gasteiger partial charge in [-0.3, -0.25) is 4.99 Å². The average Bonchev–Trinajstić information content (AvgIpc) is 3.66. The van der Waals surface area contributed by atoms with Crippen LogP contribution in [0.1, 0.15) is 51.0 Å². The number of nitrogens with two attached hydrogens (primary N) is 1. The van der Waals surface area contributed by atoms with Crippen LogP contribution in [0.15, 0.2) is 77.8 Å². The Bertz CT molecular complexity index is 1300. The van der Waals surface area contributed by atoms with E-state index >= 15 is 0 Å². The molecule has 1 saturated heterocycles. The van der Waals surface area contributed by atoms with Crippen molar-refractivity contribution in [2.45, 2.75) is 46.6 Å². The zero-order chi connectivity index (χ0) is 29.6. The van der Waals surface area contributed by atoms with Crippen LogP contribution in [0.3, 0.4) is 0 Å². The number of aldehydes is 1. The quantitative estimate of drug-likeness (QED) is 0.146. The van der Waals surface area contributed by atoms with Crippen molar-refractivity contribution in [3.05, 3.63) is 90.0 Å². The van der Waals surface area contributed by atoms with E-state index in [0.29, 0.717) is 23.8 Å². The molecule has 0 bridgehead atoms. The molecule has 8 nitrogen and oxygen atoms in total. The van der Waals surface area contributed by atoms with Crippen LogP contribution in [0.25, 0.3) is 11.0 Å². The number of hydrogen-bond donors (Lipinski definition) is 3. The second kappa shape index (κ2) is 20.4. The highest BCUT2D eigenvalue weighted by Gasteiger charge is 2.19. The number of H-pyrrole nitrogens is 1. The number of rotatable bonds is 5. The van der Waals surface area contributed by atoms with Crippen molar-refractivity contribution in [3.63, 3.8) is 0 Å². The molecule has 1 aliphatic rings. The van der Waals surface area contributed by atoms with Crippen molar-refractivity contribution >= 4 is 23.7 Å². The van der Waals surface area contributed by atoms with Crippen molar-refractivity contribution in [1.29, 1.82) is 5.26 Å². The summed E-state index contributed by atoms with van der Waals surface area (Å²) in [5, 5.41) is 10.8. The number of halogens is 1. The molecule has 2 heterocycles. The molecule has 1 fully saturated rings.